The number of nitro benzene ring substituents is 1. The molecule has 0 amide bonds. The first-order valence-corrected chi connectivity index (χ1v) is 5.70. The van der Waals surface area contributed by atoms with Crippen LogP contribution in [0.3, 0.4) is 0 Å². The zero-order valence-corrected chi connectivity index (χ0v) is 10.7. The first kappa shape index (κ1) is 15.0. The Kier molecular flexibility index (Phi) is 4.94. The van der Waals surface area contributed by atoms with Crippen LogP contribution in [0.5, 0.6) is 0 Å². The lowest BCUT2D eigenvalue weighted by Crippen LogP contribution is -2.35. The van der Waals surface area contributed by atoms with Crippen LogP contribution in [0.25, 0.3) is 0 Å². The first-order chi connectivity index (χ1) is 8.81. The number of rotatable bonds is 6. The van der Waals surface area contributed by atoms with Gasteiger partial charge in [-0.05, 0) is 25.5 Å². The van der Waals surface area contributed by atoms with Crippen LogP contribution in [0.2, 0.25) is 0 Å². The van der Waals surface area contributed by atoms with Crippen molar-refractivity contribution in [1.82, 2.24) is 4.90 Å². The Labute approximate surface area is 109 Å². The molecular formula is C12H15FN2O4. The van der Waals surface area contributed by atoms with Crippen LogP contribution < -0.4 is 0 Å². The Morgan fingerprint density at radius 3 is 2.58 bits per heavy atom. The summed E-state index contributed by atoms with van der Waals surface area (Å²) < 4.78 is 13.4. The first-order valence-electron chi connectivity index (χ1n) is 5.70. The summed E-state index contributed by atoms with van der Waals surface area (Å²) in [6, 6.07) is 3.55. The quantitative estimate of drug-likeness (QED) is 0.631. The van der Waals surface area contributed by atoms with E-state index in [1.807, 2.05) is 13.8 Å². The number of hydrogen-bond donors (Lipinski definition) is 1. The van der Waals surface area contributed by atoms with Gasteiger partial charge >= 0.3 is 11.7 Å². The third kappa shape index (κ3) is 4.29. The molecule has 0 spiro atoms. The maximum atomic E-state index is 13.4. The minimum Gasteiger partial charge on any atom is -0.480 e. The van der Waals surface area contributed by atoms with Crippen molar-refractivity contribution in [3.63, 3.8) is 0 Å². The van der Waals surface area contributed by atoms with Crippen LogP contribution in [-0.2, 0) is 11.3 Å². The van der Waals surface area contributed by atoms with Gasteiger partial charge in [0, 0.05) is 18.7 Å². The number of halogens is 1. The number of nitro groups is 1. The molecule has 0 fully saturated rings. The summed E-state index contributed by atoms with van der Waals surface area (Å²) in [5.74, 6) is -1.89. The Balaban J connectivity index is 2.88. The maximum Gasteiger partial charge on any atom is 0.317 e. The molecule has 19 heavy (non-hydrogen) atoms. The van der Waals surface area contributed by atoms with Crippen molar-refractivity contribution in [2.24, 2.45) is 0 Å². The molecule has 6 nitrogen and oxygen atoms in total. The van der Waals surface area contributed by atoms with Crippen molar-refractivity contribution >= 4 is 11.7 Å². The molecule has 0 bridgehead atoms. The zero-order valence-electron chi connectivity index (χ0n) is 10.7. The Morgan fingerprint density at radius 2 is 2.16 bits per heavy atom. The third-order valence-electron chi connectivity index (χ3n) is 2.66. The van der Waals surface area contributed by atoms with Crippen LogP contribution in [0.4, 0.5) is 10.1 Å². The van der Waals surface area contributed by atoms with Crippen molar-refractivity contribution in [3.8, 4) is 0 Å². The lowest BCUT2D eigenvalue weighted by atomic mass is 10.1. The van der Waals surface area contributed by atoms with E-state index in [1.165, 1.54) is 6.07 Å². The molecule has 0 saturated carbocycles. The molecule has 0 saturated heterocycles. The van der Waals surface area contributed by atoms with Gasteiger partial charge in [0.05, 0.1) is 11.5 Å². The highest BCUT2D eigenvalue weighted by molar-refractivity contribution is 5.69. The Morgan fingerprint density at radius 1 is 1.53 bits per heavy atom. The van der Waals surface area contributed by atoms with Gasteiger partial charge in [-0.1, -0.05) is 6.07 Å². The molecule has 0 aliphatic carbocycles. The minimum atomic E-state index is -0.976. The van der Waals surface area contributed by atoms with Gasteiger partial charge < -0.3 is 5.11 Å². The van der Waals surface area contributed by atoms with Gasteiger partial charge in [-0.2, -0.15) is 4.39 Å². The van der Waals surface area contributed by atoms with Crippen LogP contribution >= 0.6 is 0 Å². The van der Waals surface area contributed by atoms with Gasteiger partial charge in [-0.25, -0.2) is 0 Å². The molecule has 7 heteroatoms. The maximum absolute atomic E-state index is 13.4. The molecule has 0 radical (unpaired) electrons. The fourth-order valence-corrected chi connectivity index (χ4v) is 1.63. The monoisotopic (exact) mass is 270 g/mol. The number of carboxylic acid groups (broad SMARTS) is 1. The molecule has 1 N–H and O–H groups in total. The molecule has 1 aromatic carbocycles. The average molecular weight is 270 g/mol. The molecule has 0 atom stereocenters. The zero-order chi connectivity index (χ0) is 14.6. The van der Waals surface area contributed by atoms with E-state index >= 15 is 0 Å². The molecule has 1 rings (SSSR count). The number of benzene rings is 1. The minimum absolute atomic E-state index is 0.0330. The summed E-state index contributed by atoms with van der Waals surface area (Å²) in [6.45, 7) is 3.70. The topological polar surface area (TPSA) is 83.7 Å². The second-order valence-electron chi connectivity index (χ2n) is 4.44. The lowest BCUT2D eigenvalue weighted by molar-refractivity contribution is -0.387. The Bertz CT molecular complexity index is 491. The molecular weight excluding hydrogens is 255 g/mol. The molecule has 104 valence electrons. The normalized spacial score (nSPS) is 11.0. The van der Waals surface area contributed by atoms with Crippen LogP contribution in [0.1, 0.15) is 19.4 Å². The highest BCUT2D eigenvalue weighted by atomic mass is 19.1. The van der Waals surface area contributed by atoms with Crippen molar-refractivity contribution < 1.29 is 19.2 Å². The highest BCUT2D eigenvalue weighted by Crippen LogP contribution is 2.19. The second-order valence-corrected chi connectivity index (χ2v) is 4.44. The SMILES string of the molecule is CC(C)N(CC(=O)O)Cc1ccc([N+](=O)[O-])c(F)c1. The van der Waals surface area contributed by atoms with Crippen LogP contribution in [-0.4, -0.2) is 33.5 Å². The van der Waals surface area contributed by atoms with Crippen molar-refractivity contribution in [3.05, 3.63) is 39.7 Å². The van der Waals surface area contributed by atoms with Crippen LogP contribution in [0, 0.1) is 15.9 Å². The fourth-order valence-electron chi connectivity index (χ4n) is 1.63. The van der Waals surface area contributed by atoms with E-state index in [0.717, 1.165) is 12.1 Å². The average Bonchev–Trinajstić information content (AvgIpc) is 2.26. The van der Waals surface area contributed by atoms with E-state index < -0.39 is 22.4 Å². The summed E-state index contributed by atoms with van der Waals surface area (Å²) >= 11 is 0. The lowest BCUT2D eigenvalue weighted by Gasteiger charge is -2.24. The van der Waals surface area contributed by atoms with E-state index in [1.54, 1.807) is 4.90 Å². The molecule has 0 aromatic heterocycles. The van der Waals surface area contributed by atoms with Crippen molar-refractivity contribution in [2.45, 2.75) is 26.4 Å². The van der Waals surface area contributed by atoms with E-state index in [0.29, 0.717) is 5.56 Å². The highest BCUT2D eigenvalue weighted by Gasteiger charge is 2.17. The summed E-state index contributed by atoms with van der Waals surface area (Å²) in [4.78, 5) is 22.0. The molecule has 0 heterocycles. The number of hydrogen-bond acceptors (Lipinski definition) is 4. The Hall–Kier alpha value is -2.02. The third-order valence-corrected chi connectivity index (χ3v) is 2.66. The molecule has 0 aliphatic heterocycles. The van der Waals surface area contributed by atoms with E-state index in [9.17, 15) is 19.3 Å². The smallest absolute Gasteiger partial charge is 0.317 e. The predicted molar refractivity (Wildman–Crippen MR) is 66.2 cm³/mol. The van der Waals surface area contributed by atoms with Crippen LogP contribution in [0.15, 0.2) is 18.2 Å². The largest absolute Gasteiger partial charge is 0.480 e. The summed E-state index contributed by atoms with van der Waals surface area (Å²) in [7, 11) is 0. The summed E-state index contributed by atoms with van der Waals surface area (Å²) in [5, 5.41) is 19.3. The molecule has 0 aliphatic rings. The molecule has 1 aromatic rings. The molecule has 0 unspecified atom stereocenters. The number of carboxylic acids is 1. The van der Waals surface area contributed by atoms with Gasteiger partial charge in [-0.3, -0.25) is 19.8 Å². The van der Waals surface area contributed by atoms with Crippen molar-refractivity contribution in [2.75, 3.05) is 6.54 Å². The van der Waals surface area contributed by atoms with Gasteiger partial charge in [0.25, 0.3) is 0 Å². The van der Waals surface area contributed by atoms with E-state index in [-0.39, 0.29) is 19.1 Å². The van der Waals surface area contributed by atoms with Gasteiger partial charge in [0.15, 0.2) is 0 Å². The number of nitrogens with zero attached hydrogens (tertiary/aromatic N) is 2. The fraction of sp³-hybridized carbons (Fsp3) is 0.417. The standard InChI is InChI=1S/C12H15FN2O4/c1-8(2)14(7-12(16)17)6-9-3-4-11(15(18)19)10(13)5-9/h3-5,8H,6-7H2,1-2H3,(H,16,17). The number of carbonyl (C=O) groups is 1. The van der Waals surface area contributed by atoms with E-state index in [2.05, 4.69) is 0 Å². The van der Waals surface area contributed by atoms with Gasteiger partial charge in [0.1, 0.15) is 0 Å². The van der Waals surface area contributed by atoms with Gasteiger partial charge in [-0.15, -0.1) is 0 Å². The number of aliphatic carboxylic acids is 1. The summed E-state index contributed by atoms with van der Waals surface area (Å²) in [5.41, 5.74) is -0.0869. The summed E-state index contributed by atoms with van der Waals surface area (Å²) in [6.07, 6.45) is 0. The van der Waals surface area contributed by atoms with Crippen molar-refractivity contribution in [1.29, 1.82) is 0 Å². The van der Waals surface area contributed by atoms with Gasteiger partial charge in [0.2, 0.25) is 5.82 Å². The second kappa shape index (κ2) is 6.24. The predicted octanol–water partition coefficient (Wildman–Crippen LogP) is 2.03. The van der Waals surface area contributed by atoms with E-state index in [4.69, 9.17) is 5.11 Å².